The third kappa shape index (κ3) is 67.2. The number of carbonyl (C=O) groups excluding carboxylic acids is 2. The smallest absolute Gasteiger partial charge is 0.219 e. The van der Waals surface area contributed by atoms with Crippen LogP contribution in [-0.4, -0.2) is 18.4 Å². The molecule has 0 spiro atoms. The van der Waals surface area contributed by atoms with Crippen molar-refractivity contribution in [1.29, 1.82) is 0 Å². The average molecular weight is 932 g/mol. The van der Waals surface area contributed by atoms with E-state index in [9.17, 15) is 9.59 Å². The van der Waals surface area contributed by atoms with Gasteiger partial charge in [-0.2, -0.15) is 0 Å². The number of nitrogens with one attached hydrogen (secondary N) is 1. The fourth-order valence-electron chi connectivity index (χ4n) is 9.73. The molecule has 4 nitrogen and oxygen atoms in total. The number of unbranched alkanes of at least 4 members (excludes halogenated alkanes) is 51. The van der Waals surface area contributed by atoms with Crippen LogP contribution < -0.4 is 11.1 Å². The largest absolute Gasteiger partial charge is 0.370 e. The SMILES string of the molecule is CCCCCCCCCCCCCCCCCCCCCCCCCCC(=O)NCCCCCCCC.CCCCCCCCCCCCCCCCCCCCCCCCCCC(N)=O. The van der Waals surface area contributed by atoms with Gasteiger partial charge >= 0.3 is 0 Å². The van der Waals surface area contributed by atoms with E-state index in [0.717, 1.165) is 32.2 Å². The first-order chi connectivity index (χ1) is 32.6. The summed E-state index contributed by atoms with van der Waals surface area (Å²) in [7, 11) is 0. The van der Waals surface area contributed by atoms with E-state index in [1.807, 2.05) is 0 Å². The highest BCUT2D eigenvalue weighted by molar-refractivity contribution is 5.75. The summed E-state index contributed by atoms with van der Waals surface area (Å²) < 4.78 is 0. The molecular weight excluding hydrogens is 805 g/mol. The molecule has 0 unspecified atom stereocenters. The highest BCUT2D eigenvalue weighted by Crippen LogP contribution is 2.18. The first-order valence-electron chi connectivity index (χ1n) is 31.1. The molecule has 0 rings (SSSR count). The number of nitrogens with two attached hydrogens (primary N) is 1. The fraction of sp³-hybridized carbons (Fsp3) is 0.968. The van der Waals surface area contributed by atoms with E-state index in [1.165, 1.54) is 327 Å². The maximum atomic E-state index is 11.9. The van der Waals surface area contributed by atoms with E-state index < -0.39 is 0 Å². The zero-order valence-electron chi connectivity index (χ0n) is 46.2. The van der Waals surface area contributed by atoms with Crippen LogP contribution in [0.1, 0.15) is 380 Å². The maximum Gasteiger partial charge on any atom is 0.219 e. The quantitative estimate of drug-likeness (QED) is 0.0597. The molecule has 0 aromatic rings. The lowest BCUT2D eigenvalue weighted by Crippen LogP contribution is -2.23. The van der Waals surface area contributed by atoms with Gasteiger partial charge in [0.2, 0.25) is 11.8 Å². The lowest BCUT2D eigenvalue weighted by atomic mass is 10.0. The fourth-order valence-corrected chi connectivity index (χ4v) is 9.73. The van der Waals surface area contributed by atoms with E-state index in [-0.39, 0.29) is 11.8 Å². The zero-order chi connectivity index (χ0) is 48.2. The first-order valence-corrected chi connectivity index (χ1v) is 31.1. The normalized spacial score (nSPS) is 11.3. The third-order valence-corrected chi connectivity index (χ3v) is 14.4. The number of hydrogen-bond donors (Lipinski definition) is 2. The molecule has 0 aromatic heterocycles. The molecule has 0 aliphatic carbocycles. The molecule has 0 bridgehead atoms. The van der Waals surface area contributed by atoms with Crippen LogP contribution >= 0.6 is 0 Å². The average Bonchev–Trinajstić information content (AvgIpc) is 3.31. The summed E-state index contributed by atoms with van der Waals surface area (Å²) in [5, 5.41) is 3.10. The van der Waals surface area contributed by atoms with Gasteiger partial charge in [0.15, 0.2) is 0 Å². The summed E-state index contributed by atoms with van der Waals surface area (Å²) in [4.78, 5) is 22.5. The molecule has 396 valence electrons. The molecule has 0 atom stereocenters. The second kappa shape index (κ2) is 63.9. The van der Waals surface area contributed by atoms with Gasteiger partial charge in [0.25, 0.3) is 0 Å². The Morgan fingerprint density at radius 1 is 0.242 bits per heavy atom. The van der Waals surface area contributed by atoms with Gasteiger partial charge in [-0.15, -0.1) is 0 Å². The highest BCUT2D eigenvalue weighted by Gasteiger charge is 2.02. The Morgan fingerprint density at radius 3 is 0.606 bits per heavy atom. The Bertz CT molecular complexity index is 876. The van der Waals surface area contributed by atoms with Crippen LogP contribution in [0.15, 0.2) is 0 Å². The van der Waals surface area contributed by atoms with Crippen LogP contribution in [0.25, 0.3) is 0 Å². The summed E-state index contributed by atoms with van der Waals surface area (Å²) in [5.41, 5.74) is 5.15. The van der Waals surface area contributed by atoms with Crippen molar-refractivity contribution in [2.75, 3.05) is 6.54 Å². The minimum absolute atomic E-state index is 0.149. The Labute approximate surface area is 417 Å². The standard InChI is InChI=1S/C35H71NO.C27H55NO/c1-3-5-7-9-11-12-13-14-15-16-17-18-19-20-21-22-23-24-25-26-27-28-29-31-33-35(37)36-34-32-30-10-8-6-4-2;1-2-3-4-5-6-7-8-9-10-11-12-13-14-15-16-17-18-19-20-21-22-23-24-25-26-27(28)29/h3-34H2,1-2H3,(H,36,37);2-26H2,1H3,(H2,28,29). The van der Waals surface area contributed by atoms with Crippen molar-refractivity contribution in [3.05, 3.63) is 0 Å². The van der Waals surface area contributed by atoms with Gasteiger partial charge in [-0.3, -0.25) is 9.59 Å². The van der Waals surface area contributed by atoms with Crippen LogP contribution in [0, 0.1) is 0 Å². The number of amides is 2. The first kappa shape index (κ1) is 67.0. The van der Waals surface area contributed by atoms with Crippen LogP contribution in [0.3, 0.4) is 0 Å². The van der Waals surface area contributed by atoms with Crippen molar-refractivity contribution in [1.82, 2.24) is 5.32 Å². The topological polar surface area (TPSA) is 72.2 Å². The van der Waals surface area contributed by atoms with Gasteiger partial charge in [0.1, 0.15) is 0 Å². The van der Waals surface area contributed by atoms with E-state index in [4.69, 9.17) is 5.73 Å². The van der Waals surface area contributed by atoms with Crippen molar-refractivity contribution in [3.8, 4) is 0 Å². The van der Waals surface area contributed by atoms with Gasteiger partial charge in [0.05, 0.1) is 0 Å². The second-order valence-electron chi connectivity index (χ2n) is 21.3. The molecule has 2 amide bonds. The molecule has 0 fully saturated rings. The van der Waals surface area contributed by atoms with Crippen molar-refractivity contribution in [3.63, 3.8) is 0 Å². The number of carbonyl (C=O) groups is 2. The molecule has 0 aromatic carbocycles. The molecule has 0 aliphatic heterocycles. The summed E-state index contributed by atoms with van der Waals surface area (Å²) in [6.45, 7) is 7.73. The number of hydrogen-bond acceptors (Lipinski definition) is 2. The van der Waals surface area contributed by atoms with Gasteiger partial charge in [0, 0.05) is 19.4 Å². The minimum atomic E-state index is -0.149. The Morgan fingerprint density at radius 2 is 0.409 bits per heavy atom. The lowest BCUT2D eigenvalue weighted by molar-refractivity contribution is -0.121. The summed E-state index contributed by atoms with van der Waals surface area (Å²) in [5.74, 6) is 0.121. The monoisotopic (exact) mass is 931 g/mol. The van der Waals surface area contributed by atoms with Crippen LogP contribution in [0.5, 0.6) is 0 Å². The zero-order valence-corrected chi connectivity index (χ0v) is 46.2. The maximum absolute atomic E-state index is 11.9. The Hall–Kier alpha value is -1.06. The van der Waals surface area contributed by atoms with Crippen molar-refractivity contribution >= 4 is 11.8 Å². The number of rotatable bonds is 57. The van der Waals surface area contributed by atoms with Crippen molar-refractivity contribution in [2.24, 2.45) is 5.73 Å². The summed E-state index contributed by atoms with van der Waals surface area (Å²) >= 11 is 0. The molecule has 0 radical (unpaired) electrons. The predicted octanol–water partition coefficient (Wildman–Crippen LogP) is 21.5. The molecule has 66 heavy (non-hydrogen) atoms. The highest BCUT2D eigenvalue weighted by atomic mass is 16.1. The Balaban J connectivity index is 0. The van der Waals surface area contributed by atoms with Crippen molar-refractivity contribution in [2.45, 2.75) is 380 Å². The second-order valence-corrected chi connectivity index (χ2v) is 21.3. The van der Waals surface area contributed by atoms with E-state index in [2.05, 4.69) is 26.1 Å². The Kier molecular flexibility index (Phi) is 64.9. The molecule has 3 N–H and O–H groups in total. The predicted molar refractivity (Wildman–Crippen MR) is 298 cm³/mol. The van der Waals surface area contributed by atoms with Gasteiger partial charge in [-0.25, -0.2) is 0 Å². The van der Waals surface area contributed by atoms with E-state index in [1.54, 1.807) is 0 Å². The molecule has 4 heteroatoms. The summed E-state index contributed by atoms with van der Waals surface area (Å²) in [6, 6.07) is 0. The molecule has 0 heterocycles. The van der Waals surface area contributed by atoms with Crippen molar-refractivity contribution < 1.29 is 9.59 Å². The molecule has 0 aliphatic rings. The minimum Gasteiger partial charge on any atom is -0.370 e. The van der Waals surface area contributed by atoms with Gasteiger partial charge < -0.3 is 11.1 Å². The lowest BCUT2D eigenvalue weighted by Gasteiger charge is -2.06. The van der Waals surface area contributed by atoms with Gasteiger partial charge in [-0.05, 0) is 19.3 Å². The molecule has 0 saturated carbocycles. The third-order valence-electron chi connectivity index (χ3n) is 14.4. The van der Waals surface area contributed by atoms with E-state index >= 15 is 0 Å². The van der Waals surface area contributed by atoms with Gasteiger partial charge in [-0.1, -0.05) is 348 Å². The summed E-state index contributed by atoms with van der Waals surface area (Å²) in [6.07, 6.45) is 76.7. The van der Waals surface area contributed by atoms with Crippen LogP contribution in [0.2, 0.25) is 0 Å². The molecule has 0 saturated heterocycles. The van der Waals surface area contributed by atoms with Crippen LogP contribution in [0.4, 0.5) is 0 Å². The van der Waals surface area contributed by atoms with Crippen LogP contribution in [-0.2, 0) is 9.59 Å². The number of primary amides is 1. The molecular formula is C62H126N2O2. The van der Waals surface area contributed by atoms with E-state index in [0.29, 0.717) is 6.42 Å².